The third-order valence-corrected chi connectivity index (χ3v) is 8.09. The molecule has 7 rings (SSSR count). The predicted octanol–water partition coefficient (Wildman–Crippen LogP) is 7.31. The predicted molar refractivity (Wildman–Crippen MR) is 148 cm³/mol. The van der Waals surface area contributed by atoms with Gasteiger partial charge in [0.05, 0.1) is 40.7 Å². The summed E-state index contributed by atoms with van der Waals surface area (Å²) in [6.07, 6.45) is 11.7. The van der Waals surface area contributed by atoms with E-state index in [0.717, 1.165) is 68.9 Å². The van der Waals surface area contributed by atoms with E-state index in [1.165, 1.54) is 29.0 Å². The van der Waals surface area contributed by atoms with Crippen molar-refractivity contribution >= 4 is 33.3 Å². The van der Waals surface area contributed by atoms with E-state index in [1.54, 1.807) is 17.5 Å². The number of nitrogens with one attached hydrogen (secondary N) is 2. The van der Waals surface area contributed by atoms with Gasteiger partial charge in [-0.05, 0) is 62.9 Å². The average Bonchev–Trinajstić information content (AvgIpc) is 3.66. The van der Waals surface area contributed by atoms with Crippen molar-refractivity contribution in [3.05, 3.63) is 65.9 Å². The molecule has 6 aromatic rings. The molecule has 5 heterocycles. The fourth-order valence-electron chi connectivity index (χ4n) is 5.18. The number of aromatic amines is 2. The molecule has 1 saturated carbocycles. The minimum atomic E-state index is 0.276. The summed E-state index contributed by atoms with van der Waals surface area (Å²) in [5.41, 5.74) is 6.43. The van der Waals surface area contributed by atoms with Crippen LogP contribution in [0.5, 0.6) is 5.75 Å². The van der Waals surface area contributed by atoms with Crippen molar-refractivity contribution in [3.8, 4) is 39.0 Å². The number of thiophene rings is 1. The fourth-order valence-corrected chi connectivity index (χ4v) is 6.07. The van der Waals surface area contributed by atoms with E-state index in [4.69, 9.17) is 9.72 Å². The summed E-state index contributed by atoms with van der Waals surface area (Å²) in [7, 11) is 0. The van der Waals surface area contributed by atoms with Crippen molar-refractivity contribution in [2.45, 2.75) is 45.1 Å². The lowest BCUT2D eigenvalue weighted by Gasteiger charge is -2.22. The number of nitrogens with zero attached hydrogens (tertiary/aromatic N) is 4. The zero-order chi connectivity index (χ0) is 24.8. The lowest BCUT2D eigenvalue weighted by atomic mass is 9.98. The van der Waals surface area contributed by atoms with E-state index < -0.39 is 0 Å². The smallest absolute Gasteiger partial charge is 0.159 e. The van der Waals surface area contributed by atoms with Gasteiger partial charge in [-0.25, -0.2) is 4.98 Å². The molecular weight excluding hydrogens is 480 g/mol. The van der Waals surface area contributed by atoms with Crippen LogP contribution in [0.2, 0.25) is 0 Å². The number of pyridine rings is 2. The Hall–Kier alpha value is -4.04. The molecule has 1 aliphatic carbocycles. The number of fused-ring (bicyclic) bond motifs is 2. The molecule has 1 fully saturated rings. The van der Waals surface area contributed by atoms with Crippen LogP contribution < -0.4 is 4.74 Å². The van der Waals surface area contributed by atoms with Gasteiger partial charge in [0.15, 0.2) is 5.82 Å². The normalized spacial score (nSPS) is 14.5. The second-order valence-corrected chi connectivity index (χ2v) is 11.0. The summed E-state index contributed by atoms with van der Waals surface area (Å²) in [4.78, 5) is 20.1. The molecule has 0 amide bonds. The van der Waals surface area contributed by atoms with Crippen molar-refractivity contribution < 1.29 is 4.74 Å². The third-order valence-electron chi connectivity index (χ3n) is 7.05. The second-order valence-electron chi connectivity index (χ2n) is 9.67. The zero-order valence-corrected chi connectivity index (χ0v) is 21.3. The van der Waals surface area contributed by atoms with Gasteiger partial charge in [0.2, 0.25) is 0 Å². The van der Waals surface area contributed by atoms with Crippen LogP contribution in [0.1, 0.15) is 37.0 Å². The summed E-state index contributed by atoms with van der Waals surface area (Å²) >= 11 is 1.78. The monoisotopic (exact) mass is 506 g/mol. The average molecular weight is 507 g/mol. The number of aromatic nitrogens is 6. The minimum Gasteiger partial charge on any atom is -0.489 e. The Morgan fingerprint density at radius 1 is 0.973 bits per heavy atom. The number of hydrogen-bond acceptors (Lipinski definition) is 6. The summed E-state index contributed by atoms with van der Waals surface area (Å²) in [6.45, 7) is 2.12. The maximum absolute atomic E-state index is 6.24. The maximum atomic E-state index is 6.24. The number of imidazole rings is 1. The Morgan fingerprint density at radius 2 is 1.89 bits per heavy atom. The van der Waals surface area contributed by atoms with Gasteiger partial charge in [0.25, 0.3) is 0 Å². The van der Waals surface area contributed by atoms with Crippen LogP contribution >= 0.6 is 11.3 Å². The molecule has 0 atom stereocenters. The number of H-pyrrole nitrogens is 2. The molecule has 37 heavy (non-hydrogen) atoms. The Morgan fingerprint density at radius 3 is 2.76 bits per heavy atom. The molecule has 0 aliphatic heterocycles. The number of para-hydroxylation sites is 1. The number of aryl methyl sites for hydroxylation is 1. The van der Waals surface area contributed by atoms with Gasteiger partial charge in [-0.3, -0.25) is 15.1 Å². The highest BCUT2D eigenvalue weighted by molar-refractivity contribution is 7.15. The number of hydrogen-bond donors (Lipinski definition) is 2. The third kappa shape index (κ3) is 4.17. The Kier molecular flexibility index (Phi) is 5.47. The van der Waals surface area contributed by atoms with Gasteiger partial charge in [0.1, 0.15) is 11.4 Å². The van der Waals surface area contributed by atoms with Gasteiger partial charge in [-0.1, -0.05) is 18.6 Å². The highest BCUT2D eigenvalue weighted by atomic mass is 32.1. The van der Waals surface area contributed by atoms with E-state index in [0.29, 0.717) is 0 Å². The molecule has 0 spiro atoms. The first-order valence-corrected chi connectivity index (χ1v) is 13.5. The molecule has 0 unspecified atom stereocenters. The summed E-state index contributed by atoms with van der Waals surface area (Å²) in [6, 6.07) is 14.6. The Balaban J connectivity index is 1.26. The molecule has 7 nitrogen and oxygen atoms in total. The van der Waals surface area contributed by atoms with E-state index in [1.807, 2.05) is 24.5 Å². The Labute approximate surface area is 218 Å². The molecule has 0 bridgehead atoms. The summed E-state index contributed by atoms with van der Waals surface area (Å²) in [5.74, 6) is 1.53. The molecule has 2 N–H and O–H groups in total. The fraction of sp³-hybridized carbons (Fsp3) is 0.241. The first-order valence-electron chi connectivity index (χ1n) is 12.7. The van der Waals surface area contributed by atoms with Gasteiger partial charge >= 0.3 is 0 Å². The molecular formula is C29H26N6OS. The van der Waals surface area contributed by atoms with Gasteiger partial charge in [-0.2, -0.15) is 5.10 Å². The number of benzene rings is 1. The van der Waals surface area contributed by atoms with Crippen molar-refractivity contribution in [2.75, 3.05) is 0 Å². The van der Waals surface area contributed by atoms with Crippen molar-refractivity contribution in [3.63, 3.8) is 0 Å². The van der Waals surface area contributed by atoms with E-state index in [-0.39, 0.29) is 6.10 Å². The van der Waals surface area contributed by atoms with Crippen LogP contribution in [-0.4, -0.2) is 36.2 Å². The zero-order valence-electron chi connectivity index (χ0n) is 20.5. The van der Waals surface area contributed by atoms with E-state index in [9.17, 15) is 0 Å². The van der Waals surface area contributed by atoms with Crippen LogP contribution in [-0.2, 0) is 0 Å². The molecule has 1 aromatic carbocycles. The molecule has 0 saturated heterocycles. The molecule has 8 heteroatoms. The first-order chi connectivity index (χ1) is 18.2. The van der Waals surface area contributed by atoms with Gasteiger partial charge in [-0.15, -0.1) is 11.3 Å². The number of ether oxygens (including phenoxy) is 1. The lowest BCUT2D eigenvalue weighted by Crippen LogP contribution is -2.19. The van der Waals surface area contributed by atoms with E-state index in [2.05, 4.69) is 62.4 Å². The molecule has 1 aliphatic rings. The topological polar surface area (TPSA) is 92.4 Å². The van der Waals surface area contributed by atoms with Crippen LogP contribution in [0.4, 0.5) is 0 Å². The summed E-state index contributed by atoms with van der Waals surface area (Å²) in [5, 5.41) is 8.67. The van der Waals surface area contributed by atoms with Crippen LogP contribution in [0, 0.1) is 6.92 Å². The van der Waals surface area contributed by atoms with Crippen LogP contribution in [0.15, 0.2) is 61.1 Å². The molecule has 184 valence electrons. The molecule has 0 radical (unpaired) electrons. The maximum Gasteiger partial charge on any atom is 0.159 e. The largest absolute Gasteiger partial charge is 0.489 e. The first kappa shape index (κ1) is 22.2. The van der Waals surface area contributed by atoms with Crippen LogP contribution in [0.3, 0.4) is 0 Å². The number of rotatable bonds is 5. The minimum absolute atomic E-state index is 0.276. The molecule has 5 aromatic heterocycles. The van der Waals surface area contributed by atoms with Crippen molar-refractivity contribution in [1.29, 1.82) is 0 Å². The van der Waals surface area contributed by atoms with Crippen molar-refractivity contribution in [2.24, 2.45) is 0 Å². The van der Waals surface area contributed by atoms with Gasteiger partial charge < -0.3 is 9.72 Å². The second kappa shape index (κ2) is 9.12. The SMILES string of the molecule is Cc1ccc(-c2cccc3[nH]c(-c4n[nH]c5cnc(-c6cncc(OC7CCCCC7)c6)cc45)nc23)s1. The van der Waals surface area contributed by atoms with E-state index >= 15 is 0 Å². The lowest BCUT2D eigenvalue weighted by molar-refractivity contribution is 0.154. The standard InChI is InChI=1S/C29H26N6OS/c1-17-10-11-26(37-17)21-8-5-9-23-27(21)33-29(32-23)28-22-13-24(31-16-25(22)34-35-28)18-12-20(15-30-14-18)36-19-6-3-2-4-7-19/h5,8-16,19H,2-4,6-7H2,1H3,(H,32,33)(H,34,35). The summed E-state index contributed by atoms with van der Waals surface area (Å²) < 4.78 is 6.24. The van der Waals surface area contributed by atoms with Gasteiger partial charge in [0, 0.05) is 32.5 Å². The quantitative estimate of drug-likeness (QED) is 0.256. The Bertz CT molecular complexity index is 1730. The highest BCUT2D eigenvalue weighted by Gasteiger charge is 2.18. The van der Waals surface area contributed by atoms with Crippen molar-refractivity contribution in [1.82, 2.24) is 30.1 Å². The van der Waals surface area contributed by atoms with Crippen LogP contribution in [0.25, 0.3) is 55.2 Å². The highest BCUT2D eigenvalue weighted by Crippen LogP contribution is 2.35.